The number of hydrogen-bond donors (Lipinski definition) is 1. The lowest BCUT2D eigenvalue weighted by Gasteiger charge is -2.69. The third-order valence-corrected chi connectivity index (χ3v) is 13.9. The second-order valence-corrected chi connectivity index (χ2v) is 14.8. The number of furan rings is 1. The summed E-state index contributed by atoms with van der Waals surface area (Å²) < 4.78 is 31.1. The zero-order chi connectivity index (χ0) is 28.9. The first-order chi connectivity index (χ1) is 20.1. The number of carbonyl (C=O) groups excluding carboxylic acids is 3. The Morgan fingerprint density at radius 2 is 1.79 bits per heavy atom. The Balaban J connectivity index is 1.29. The van der Waals surface area contributed by atoms with E-state index in [0.29, 0.717) is 19.3 Å². The lowest BCUT2D eigenvalue weighted by atomic mass is 9.32. The Hall–Kier alpha value is -2.49. The molecule has 1 N–H and O–H groups in total. The Morgan fingerprint density at radius 3 is 2.55 bits per heavy atom. The summed E-state index contributed by atoms with van der Waals surface area (Å²) in [6.45, 7) is 4.19. The highest BCUT2D eigenvalue weighted by molar-refractivity contribution is 5.97. The molecule has 9 heteroatoms. The molecule has 0 aromatic carbocycles. The highest BCUT2D eigenvalue weighted by Crippen LogP contribution is 2.84. The molecule has 1 aromatic rings. The monoisotopic (exact) mass is 578 g/mol. The summed E-state index contributed by atoms with van der Waals surface area (Å²) in [6.07, 6.45) is 10.7. The van der Waals surface area contributed by atoms with Gasteiger partial charge in [0.15, 0.2) is 11.9 Å². The van der Waals surface area contributed by atoms with Gasteiger partial charge in [0.05, 0.1) is 41.5 Å². The average Bonchev–Trinajstić information content (AvgIpc) is 3.54. The quantitative estimate of drug-likeness (QED) is 0.315. The predicted octanol–water partition coefficient (Wildman–Crippen LogP) is 3.98. The van der Waals surface area contributed by atoms with E-state index in [9.17, 15) is 14.7 Å². The largest absolute Gasteiger partial charge is 0.472 e. The van der Waals surface area contributed by atoms with Crippen LogP contribution < -0.4 is 0 Å². The van der Waals surface area contributed by atoms with Gasteiger partial charge in [0.25, 0.3) is 0 Å². The summed E-state index contributed by atoms with van der Waals surface area (Å²) in [4.78, 5) is 41.7. The number of Topliss-reactive ketones (excluding diaryl/α,β-unsaturated/α-hetero) is 1. The highest BCUT2D eigenvalue weighted by Gasteiger charge is 2.94. The van der Waals surface area contributed by atoms with Crippen LogP contribution in [0, 0.1) is 33.5 Å². The first kappa shape index (κ1) is 26.0. The van der Waals surface area contributed by atoms with Gasteiger partial charge < -0.3 is 28.5 Å². The van der Waals surface area contributed by atoms with Crippen LogP contribution in [0.3, 0.4) is 0 Å². The van der Waals surface area contributed by atoms with Gasteiger partial charge in [-0.3, -0.25) is 9.59 Å². The molecule has 11 unspecified atom stereocenters. The van der Waals surface area contributed by atoms with E-state index >= 15 is 4.79 Å². The van der Waals surface area contributed by atoms with Crippen molar-refractivity contribution in [1.82, 2.24) is 0 Å². The van der Waals surface area contributed by atoms with Crippen LogP contribution in [-0.4, -0.2) is 58.9 Å². The third kappa shape index (κ3) is 2.39. The van der Waals surface area contributed by atoms with Crippen LogP contribution in [0.25, 0.3) is 0 Å². The van der Waals surface area contributed by atoms with E-state index in [4.69, 9.17) is 23.4 Å². The molecule has 4 aliphatic heterocycles. The molecule has 4 spiro atoms. The molecule has 42 heavy (non-hydrogen) atoms. The van der Waals surface area contributed by atoms with Crippen LogP contribution in [0.1, 0.15) is 83.3 Å². The smallest absolute Gasteiger partial charge is 0.339 e. The van der Waals surface area contributed by atoms with Crippen LogP contribution in [-0.2, 0) is 33.3 Å². The summed E-state index contributed by atoms with van der Waals surface area (Å²) in [6, 6.07) is 1.81. The van der Waals surface area contributed by atoms with Gasteiger partial charge in [-0.25, -0.2) is 4.79 Å². The van der Waals surface area contributed by atoms with E-state index in [2.05, 4.69) is 19.9 Å². The molecule has 10 rings (SSSR count). The first-order valence-corrected chi connectivity index (χ1v) is 15.8. The number of aliphatic hydroxyl groups excluding tert-OH is 1. The predicted molar refractivity (Wildman–Crippen MR) is 143 cm³/mol. The number of aliphatic hydroxyl groups is 1. The maximum absolute atomic E-state index is 15.3. The zero-order valence-electron chi connectivity index (χ0n) is 24.1. The molecule has 0 amide bonds. The number of rotatable bonds is 2. The van der Waals surface area contributed by atoms with Crippen LogP contribution >= 0.6 is 0 Å². The van der Waals surface area contributed by atoms with Gasteiger partial charge in [-0.15, -0.1) is 0 Å². The number of allylic oxidation sites excluding steroid dienone is 1. The SMILES string of the molecule is CC12CCC3C45COC(=O)CC4OC(C)(C4CCCCC4)C54C=CCC3(C(O)C4=O)C13OC3C(=O)OC2c1ccoc1. The number of carbonyl (C=O) groups is 3. The topological polar surface area (TPSA) is 125 Å². The minimum absolute atomic E-state index is 0.0566. The van der Waals surface area contributed by atoms with Crippen molar-refractivity contribution in [2.45, 2.75) is 107 Å². The fourth-order valence-electron chi connectivity index (χ4n) is 12.3. The Kier molecular flexibility index (Phi) is 4.80. The number of hydrogen-bond acceptors (Lipinski definition) is 9. The molecular formula is C33H38O9. The van der Waals surface area contributed by atoms with Crippen molar-refractivity contribution in [3.05, 3.63) is 36.3 Å². The Bertz CT molecular complexity index is 1430. The molecule has 0 radical (unpaired) electrons. The van der Waals surface area contributed by atoms with Crippen LogP contribution in [0.5, 0.6) is 0 Å². The van der Waals surface area contributed by atoms with Crippen LogP contribution in [0.15, 0.2) is 35.2 Å². The van der Waals surface area contributed by atoms with Gasteiger partial charge in [-0.1, -0.05) is 38.3 Å². The molecule has 7 fully saturated rings. The summed E-state index contributed by atoms with van der Waals surface area (Å²) in [5, 5.41) is 12.6. The van der Waals surface area contributed by atoms with E-state index < -0.39 is 63.2 Å². The Morgan fingerprint density at radius 1 is 0.976 bits per heavy atom. The summed E-state index contributed by atoms with van der Waals surface area (Å²) in [5.41, 5.74) is -5.19. The lowest BCUT2D eigenvalue weighted by molar-refractivity contribution is -0.262. The zero-order valence-corrected chi connectivity index (χ0v) is 24.1. The summed E-state index contributed by atoms with van der Waals surface area (Å²) in [5.74, 6) is -1.24. The van der Waals surface area contributed by atoms with Crippen molar-refractivity contribution >= 4 is 17.7 Å². The molecule has 4 saturated heterocycles. The van der Waals surface area contributed by atoms with E-state index in [0.717, 1.165) is 37.7 Å². The molecule has 5 aliphatic carbocycles. The van der Waals surface area contributed by atoms with Crippen LogP contribution in [0.4, 0.5) is 0 Å². The van der Waals surface area contributed by atoms with Gasteiger partial charge in [-0.05, 0) is 56.9 Å². The van der Waals surface area contributed by atoms with Gasteiger partial charge in [0.1, 0.15) is 24.4 Å². The van der Waals surface area contributed by atoms with Crippen molar-refractivity contribution in [3.63, 3.8) is 0 Å². The maximum atomic E-state index is 15.3. The maximum Gasteiger partial charge on any atom is 0.339 e. The molecule has 1 aromatic heterocycles. The lowest BCUT2D eigenvalue weighted by Crippen LogP contribution is -2.79. The number of esters is 2. The number of cyclic esters (lactones) is 2. The van der Waals surface area contributed by atoms with E-state index in [1.165, 1.54) is 0 Å². The third-order valence-electron chi connectivity index (χ3n) is 13.9. The standard InChI is InChI=1S/C33H38O9/c1-28-13-9-20-30(33(28)26(42-33)27(37)40-25(28)18-10-14-38-16-18)11-6-12-32(24(36)23(30)35)29(2,19-7-4-3-5-8-19)41-21-15-22(34)39-17-31(20,21)32/h6,10,12,14,16,19-21,23,25-26,35H,3-5,7-9,11,13,15,17H2,1-2H3. The highest BCUT2D eigenvalue weighted by atomic mass is 16.7. The normalized spacial score (nSPS) is 54.1. The second-order valence-electron chi connectivity index (χ2n) is 14.8. The average molecular weight is 579 g/mol. The molecule has 5 heterocycles. The minimum Gasteiger partial charge on any atom is -0.472 e. The molecule has 3 saturated carbocycles. The molecule has 9 aliphatic rings. The van der Waals surface area contributed by atoms with Crippen molar-refractivity contribution in [2.75, 3.05) is 6.61 Å². The molecular weight excluding hydrogens is 540 g/mol. The molecule has 224 valence electrons. The van der Waals surface area contributed by atoms with Crippen molar-refractivity contribution < 1.29 is 42.9 Å². The van der Waals surface area contributed by atoms with E-state index in [-0.39, 0.29) is 36.6 Å². The first-order valence-electron chi connectivity index (χ1n) is 15.8. The fraction of sp³-hybridized carbons (Fsp3) is 0.727. The van der Waals surface area contributed by atoms with Gasteiger partial charge in [-0.2, -0.15) is 0 Å². The Labute approximate surface area is 244 Å². The second kappa shape index (κ2) is 7.77. The van der Waals surface area contributed by atoms with E-state index in [1.807, 2.05) is 6.08 Å². The van der Waals surface area contributed by atoms with Gasteiger partial charge >= 0.3 is 11.9 Å². The summed E-state index contributed by atoms with van der Waals surface area (Å²) >= 11 is 0. The number of epoxide rings is 1. The van der Waals surface area contributed by atoms with Crippen LogP contribution in [0.2, 0.25) is 0 Å². The number of ketones is 1. The van der Waals surface area contributed by atoms with Crippen molar-refractivity contribution in [2.24, 2.45) is 33.5 Å². The van der Waals surface area contributed by atoms with Crippen molar-refractivity contribution in [3.8, 4) is 0 Å². The fourth-order valence-corrected chi connectivity index (χ4v) is 12.3. The molecule has 11 atom stereocenters. The summed E-state index contributed by atoms with van der Waals surface area (Å²) in [7, 11) is 0. The number of fused-ring (bicyclic) bond motifs is 2. The minimum atomic E-state index is -1.38. The number of ether oxygens (including phenoxy) is 4. The van der Waals surface area contributed by atoms with E-state index in [1.54, 1.807) is 18.6 Å². The van der Waals surface area contributed by atoms with Crippen molar-refractivity contribution in [1.29, 1.82) is 0 Å². The van der Waals surface area contributed by atoms with Gasteiger partial charge in [0.2, 0.25) is 0 Å². The molecule has 2 bridgehead atoms. The van der Waals surface area contributed by atoms with Gasteiger partial charge in [0, 0.05) is 16.4 Å². The molecule has 9 nitrogen and oxygen atoms in total.